The van der Waals surface area contributed by atoms with Crippen molar-refractivity contribution in [2.24, 2.45) is 4.99 Å². The summed E-state index contributed by atoms with van der Waals surface area (Å²) in [5.74, 6) is 1.17. The van der Waals surface area contributed by atoms with E-state index >= 15 is 0 Å². The summed E-state index contributed by atoms with van der Waals surface area (Å²) in [6.07, 6.45) is -4.92. The maximum Gasteiger partial charge on any atom is 0.229 e. The highest BCUT2D eigenvalue weighted by Gasteiger charge is 2.44. The van der Waals surface area contributed by atoms with Crippen molar-refractivity contribution in [3.8, 4) is 22.8 Å². The molecule has 174 valence electrons. The molecule has 0 bridgehead atoms. The number of aliphatic hydroxyl groups excluding tert-OH is 4. The van der Waals surface area contributed by atoms with Crippen molar-refractivity contribution in [2.45, 2.75) is 30.7 Å². The van der Waals surface area contributed by atoms with Gasteiger partial charge in [0, 0.05) is 17.2 Å². The molecule has 0 saturated carbocycles. The number of ether oxygens (including phenoxy) is 3. The lowest BCUT2D eigenvalue weighted by atomic mass is 9.99. The van der Waals surface area contributed by atoms with Crippen LogP contribution in [0.25, 0.3) is 11.3 Å². The minimum Gasteiger partial charge on any atom is -0.497 e. The number of aliphatic hydroxyl groups is 4. The third-order valence-corrected chi connectivity index (χ3v) is 5.93. The number of methoxy groups -OCH3 is 1. The van der Waals surface area contributed by atoms with Crippen LogP contribution in [0.5, 0.6) is 11.5 Å². The van der Waals surface area contributed by atoms with Gasteiger partial charge in [-0.1, -0.05) is 0 Å². The van der Waals surface area contributed by atoms with Gasteiger partial charge in [-0.2, -0.15) is 0 Å². The van der Waals surface area contributed by atoms with Gasteiger partial charge in [0.1, 0.15) is 35.9 Å². The fourth-order valence-corrected chi connectivity index (χ4v) is 3.95. The second kappa shape index (κ2) is 10.4. The maximum absolute atomic E-state index is 10.1. The van der Waals surface area contributed by atoms with E-state index in [0.29, 0.717) is 10.9 Å². The highest BCUT2D eigenvalue weighted by molar-refractivity contribution is 7.13. The summed E-state index contributed by atoms with van der Waals surface area (Å²) in [6.45, 7) is -0.517. The Kier molecular flexibility index (Phi) is 7.33. The monoisotopic (exact) mass is 472 g/mol. The maximum atomic E-state index is 10.1. The van der Waals surface area contributed by atoms with Crippen molar-refractivity contribution in [1.82, 2.24) is 4.98 Å². The van der Waals surface area contributed by atoms with Gasteiger partial charge in [-0.25, -0.2) is 9.98 Å². The first-order chi connectivity index (χ1) is 16.0. The number of aliphatic imine (C=N–C) groups is 1. The number of hydrogen-bond donors (Lipinski definition) is 4. The average molecular weight is 473 g/mol. The highest BCUT2D eigenvalue weighted by atomic mass is 32.1. The van der Waals surface area contributed by atoms with Crippen molar-refractivity contribution in [2.75, 3.05) is 13.7 Å². The zero-order chi connectivity index (χ0) is 23.4. The predicted molar refractivity (Wildman–Crippen MR) is 122 cm³/mol. The fraction of sp³-hybridized carbons (Fsp3) is 0.304. The molecule has 9 nitrogen and oxygen atoms in total. The lowest BCUT2D eigenvalue weighted by Gasteiger charge is -2.39. The number of thiazole rings is 1. The van der Waals surface area contributed by atoms with Crippen LogP contribution in [0.1, 0.15) is 5.56 Å². The second-order valence-electron chi connectivity index (χ2n) is 7.39. The Bertz CT molecular complexity index is 1070. The molecule has 1 aromatic heterocycles. The summed E-state index contributed by atoms with van der Waals surface area (Å²) in [4.78, 5) is 8.95. The Balaban J connectivity index is 1.40. The molecule has 4 N–H and O–H groups in total. The van der Waals surface area contributed by atoms with Crippen LogP contribution in [0.2, 0.25) is 0 Å². The zero-order valence-corrected chi connectivity index (χ0v) is 18.5. The molecular weight excluding hydrogens is 448 g/mol. The summed E-state index contributed by atoms with van der Waals surface area (Å²) in [6, 6.07) is 14.5. The van der Waals surface area contributed by atoms with Gasteiger partial charge >= 0.3 is 0 Å². The summed E-state index contributed by atoms with van der Waals surface area (Å²) in [5, 5.41) is 41.6. The molecule has 1 fully saturated rings. The van der Waals surface area contributed by atoms with E-state index in [1.165, 1.54) is 11.3 Å². The zero-order valence-electron chi connectivity index (χ0n) is 17.7. The first kappa shape index (κ1) is 23.3. The van der Waals surface area contributed by atoms with Crippen LogP contribution >= 0.6 is 11.3 Å². The Hall–Kier alpha value is -2.86. The van der Waals surface area contributed by atoms with E-state index in [1.807, 2.05) is 29.6 Å². The van der Waals surface area contributed by atoms with E-state index in [4.69, 9.17) is 14.2 Å². The molecule has 10 heteroatoms. The van der Waals surface area contributed by atoms with Crippen LogP contribution in [-0.4, -0.2) is 76.0 Å². The number of aromatic nitrogens is 1. The van der Waals surface area contributed by atoms with Crippen molar-refractivity contribution in [1.29, 1.82) is 0 Å². The first-order valence-corrected chi connectivity index (χ1v) is 11.1. The van der Waals surface area contributed by atoms with Crippen molar-refractivity contribution < 1.29 is 34.6 Å². The molecule has 1 aliphatic rings. The largest absolute Gasteiger partial charge is 0.497 e. The summed E-state index contributed by atoms with van der Waals surface area (Å²) in [7, 11) is 1.62. The highest BCUT2D eigenvalue weighted by Crippen LogP contribution is 2.29. The number of rotatable bonds is 7. The molecule has 33 heavy (non-hydrogen) atoms. The van der Waals surface area contributed by atoms with Gasteiger partial charge in [-0.05, 0) is 54.1 Å². The van der Waals surface area contributed by atoms with Crippen LogP contribution < -0.4 is 9.47 Å². The van der Waals surface area contributed by atoms with Crippen molar-refractivity contribution >= 4 is 22.7 Å². The van der Waals surface area contributed by atoms with Gasteiger partial charge in [-0.15, -0.1) is 11.3 Å². The van der Waals surface area contributed by atoms with Gasteiger partial charge in [0.2, 0.25) is 11.4 Å². The van der Waals surface area contributed by atoms with Crippen LogP contribution in [0.3, 0.4) is 0 Å². The lowest BCUT2D eigenvalue weighted by molar-refractivity contribution is -0.277. The number of nitrogens with zero attached hydrogens (tertiary/aromatic N) is 2. The minimum absolute atomic E-state index is 0.385. The standard InChI is InChI=1S/C23H24N2O7S/c1-30-15-6-2-13(3-7-15)10-24-23-25-17(12-33-23)14-4-8-16(9-5-14)31-22-21(29)20(28)19(27)18(11-26)32-22/h2-10,12,18-22,26-29H,11H2,1H3/b24-10+/t18-,19-,20+,21-,22-/m1/s1. The topological polar surface area (TPSA) is 134 Å². The Morgan fingerprint density at radius 2 is 1.70 bits per heavy atom. The van der Waals surface area contributed by atoms with Crippen LogP contribution in [0.15, 0.2) is 58.9 Å². The molecule has 0 radical (unpaired) electrons. The molecule has 4 rings (SSSR count). The lowest BCUT2D eigenvalue weighted by Crippen LogP contribution is -2.60. The van der Waals surface area contributed by atoms with Crippen molar-refractivity contribution in [3.05, 3.63) is 59.5 Å². The van der Waals surface area contributed by atoms with Crippen molar-refractivity contribution in [3.63, 3.8) is 0 Å². The van der Waals surface area contributed by atoms with E-state index in [1.54, 1.807) is 37.6 Å². The normalized spacial score (nSPS) is 25.3. The molecule has 5 atom stereocenters. The quantitative estimate of drug-likeness (QED) is 0.382. The Morgan fingerprint density at radius 1 is 1.00 bits per heavy atom. The first-order valence-electron chi connectivity index (χ1n) is 10.2. The Morgan fingerprint density at radius 3 is 2.36 bits per heavy atom. The molecular formula is C23H24N2O7S. The average Bonchev–Trinajstić information content (AvgIpc) is 3.33. The molecule has 0 amide bonds. The smallest absolute Gasteiger partial charge is 0.229 e. The fourth-order valence-electron chi connectivity index (χ4n) is 3.28. The molecule has 1 aliphatic heterocycles. The molecule has 3 aromatic rings. The summed E-state index contributed by atoms with van der Waals surface area (Å²) < 4.78 is 16.1. The van der Waals surface area contributed by atoms with E-state index in [9.17, 15) is 20.4 Å². The van der Waals surface area contributed by atoms with E-state index in [0.717, 1.165) is 22.6 Å². The van der Waals surface area contributed by atoms with Gasteiger partial charge in [0.25, 0.3) is 0 Å². The van der Waals surface area contributed by atoms with E-state index < -0.39 is 37.3 Å². The second-order valence-corrected chi connectivity index (χ2v) is 8.22. The molecule has 0 aliphatic carbocycles. The van der Waals surface area contributed by atoms with Crippen LogP contribution in [0.4, 0.5) is 5.13 Å². The number of hydrogen-bond acceptors (Lipinski definition) is 10. The van der Waals surface area contributed by atoms with E-state index in [2.05, 4.69) is 9.98 Å². The van der Waals surface area contributed by atoms with Crippen LogP contribution in [0, 0.1) is 0 Å². The summed E-state index contributed by atoms with van der Waals surface area (Å²) in [5.41, 5.74) is 2.53. The predicted octanol–water partition coefficient (Wildman–Crippen LogP) is 1.75. The van der Waals surface area contributed by atoms with Gasteiger partial charge in [0.05, 0.1) is 19.4 Å². The minimum atomic E-state index is -1.49. The third-order valence-electron chi connectivity index (χ3n) is 5.18. The SMILES string of the molecule is COc1ccc(/C=N/c2nc(-c3ccc(O[C@@H]4O[C@H](CO)[C@@H](O)[C@H](O)[C@H]4O)cc3)cs2)cc1. The number of benzene rings is 2. The molecule has 0 unspecified atom stereocenters. The molecule has 1 saturated heterocycles. The van der Waals surface area contributed by atoms with Gasteiger partial charge in [0.15, 0.2) is 0 Å². The molecule has 2 heterocycles. The molecule has 0 spiro atoms. The third kappa shape index (κ3) is 5.38. The molecule has 2 aromatic carbocycles. The van der Waals surface area contributed by atoms with E-state index in [-0.39, 0.29) is 0 Å². The van der Waals surface area contributed by atoms with Gasteiger partial charge in [-0.3, -0.25) is 0 Å². The summed E-state index contributed by atoms with van der Waals surface area (Å²) >= 11 is 1.41. The van der Waals surface area contributed by atoms with Crippen LogP contribution in [-0.2, 0) is 4.74 Å². The van der Waals surface area contributed by atoms with Gasteiger partial charge < -0.3 is 34.6 Å². The Labute approximate surface area is 194 Å².